The molecule has 1 unspecified atom stereocenters. The number of nitrogens with two attached hydrogens (primary N) is 1. The van der Waals surface area contributed by atoms with Crippen LogP contribution in [0.4, 0.5) is 5.69 Å². The second-order valence-electron chi connectivity index (χ2n) is 4.23. The molecule has 0 aliphatic heterocycles. The van der Waals surface area contributed by atoms with Crippen molar-refractivity contribution < 1.29 is 8.42 Å². The molecular formula is C12H15N3O2S2. The summed E-state index contributed by atoms with van der Waals surface area (Å²) >= 11 is 1.41. The summed E-state index contributed by atoms with van der Waals surface area (Å²) in [6, 6.07) is 4.33. The third-order valence-electron chi connectivity index (χ3n) is 2.71. The van der Waals surface area contributed by atoms with Gasteiger partial charge in [0, 0.05) is 17.3 Å². The lowest BCUT2D eigenvalue weighted by molar-refractivity contribution is 0.566. The van der Waals surface area contributed by atoms with Crippen LogP contribution in [0.3, 0.4) is 0 Å². The minimum atomic E-state index is -3.59. The third kappa shape index (κ3) is 3.12. The molecule has 102 valence electrons. The average molecular weight is 297 g/mol. The zero-order valence-electron chi connectivity index (χ0n) is 10.6. The second kappa shape index (κ2) is 5.28. The van der Waals surface area contributed by atoms with Crippen LogP contribution >= 0.6 is 11.3 Å². The maximum absolute atomic E-state index is 12.2. The molecule has 0 spiro atoms. The molecule has 0 saturated carbocycles. The second-order valence-corrected chi connectivity index (χ2v) is 6.87. The predicted octanol–water partition coefficient (Wildman–Crippen LogP) is 2.07. The van der Waals surface area contributed by atoms with Gasteiger partial charge in [-0.15, -0.1) is 11.3 Å². The highest BCUT2D eigenvalue weighted by Crippen LogP contribution is 2.21. The number of hydrogen-bond donors (Lipinski definition) is 2. The van der Waals surface area contributed by atoms with Gasteiger partial charge in [0.2, 0.25) is 10.0 Å². The maximum atomic E-state index is 12.2. The Kier molecular flexibility index (Phi) is 3.88. The molecule has 1 aromatic carbocycles. The van der Waals surface area contributed by atoms with E-state index >= 15 is 0 Å². The van der Waals surface area contributed by atoms with Crippen LogP contribution in [0.5, 0.6) is 0 Å². The summed E-state index contributed by atoms with van der Waals surface area (Å²) in [5, 5.41) is 2.54. The fourth-order valence-electron chi connectivity index (χ4n) is 1.59. The first kappa shape index (κ1) is 14.0. The molecule has 0 radical (unpaired) electrons. The van der Waals surface area contributed by atoms with Crippen LogP contribution in [0.25, 0.3) is 0 Å². The number of nitrogens with zero attached hydrogens (tertiary/aromatic N) is 1. The number of sulfonamides is 1. The van der Waals surface area contributed by atoms with Gasteiger partial charge in [-0.3, -0.25) is 0 Å². The van der Waals surface area contributed by atoms with Crippen LogP contribution in [0.2, 0.25) is 0 Å². The molecule has 19 heavy (non-hydrogen) atoms. The van der Waals surface area contributed by atoms with Crippen molar-refractivity contribution in [3.8, 4) is 0 Å². The predicted molar refractivity (Wildman–Crippen MR) is 76.4 cm³/mol. The SMILES string of the molecule is Cc1ccc(S(=O)(=O)NC(C)c2nccs2)cc1N. The van der Waals surface area contributed by atoms with Crippen molar-refractivity contribution in [2.45, 2.75) is 24.8 Å². The van der Waals surface area contributed by atoms with E-state index in [1.54, 1.807) is 25.3 Å². The molecule has 3 N–H and O–H groups in total. The van der Waals surface area contributed by atoms with Gasteiger partial charge in [-0.25, -0.2) is 18.1 Å². The van der Waals surface area contributed by atoms with Crippen molar-refractivity contribution in [1.29, 1.82) is 0 Å². The number of aryl methyl sites for hydroxylation is 1. The molecule has 2 rings (SSSR count). The van der Waals surface area contributed by atoms with Crippen molar-refractivity contribution in [3.63, 3.8) is 0 Å². The maximum Gasteiger partial charge on any atom is 0.241 e. The molecule has 1 atom stereocenters. The number of nitrogen functional groups attached to an aromatic ring is 1. The Morgan fingerprint density at radius 3 is 2.74 bits per heavy atom. The van der Waals surface area contributed by atoms with E-state index in [4.69, 9.17) is 5.73 Å². The summed E-state index contributed by atoms with van der Waals surface area (Å²) in [4.78, 5) is 4.26. The Hall–Kier alpha value is -1.44. The van der Waals surface area contributed by atoms with Gasteiger partial charge in [-0.2, -0.15) is 0 Å². The molecule has 0 bridgehead atoms. The Morgan fingerprint density at radius 1 is 1.42 bits per heavy atom. The summed E-state index contributed by atoms with van der Waals surface area (Å²) < 4.78 is 27.0. The average Bonchev–Trinajstić information content (AvgIpc) is 2.85. The van der Waals surface area contributed by atoms with Crippen LogP contribution < -0.4 is 10.5 Å². The van der Waals surface area contributed by atoms with E-state index in [-0.39, 0.29) is 10.9 Å². The van der Waals surface area contributed by atoms with Crippen LogP contribution in [0.15, 0.2) is 34.7 Å². The molecular weight excluding hydrogens is 282 g/mol. The highest BCUT2D eigenvalue weighted by molar-refractivity contribution is 7.89. The molecule has 1 aromatic heterocycles. The van der Waals surface area contributed by atoms with Gasteiger partial charge >= 0.3 is 0 Å². The number of hydrogen-bond acceptors (Lipinski definition) is 5. The zero-order chi connectivity index (χ0) is 14.0. The quantitative estimate of drug-likeness (QED) is 0.846. The topological polar surface area (TPSA) is 85.1 Å². The van der Waals surface area contributed by atoms with Gasteiger partial charge in [0.25, 0.3) is 0 Å². The first-order valence-electron chi connectivity index (χ1n) is 5.68. The lowest BCUT2D eigenvalue weighted by Gasteiger charge is -2.12. The van der Waals surface area contributed by atoms with E-state index in [0.717, 1.165) is 10.6 Å². The molecule has 0 fully saturated rings. The van der Waals surface area contributed by atoms with E-state index in [2.05, 4.69) is 9.71 Å². The molecule has 1 heterocycles. The standard InChI is InChI=1S/C12H15N3O2S2/c1-8-3-4-10(7-11(8)13)19(16,17)15-9(2)12-14-5-6-18-12/h3-7,9,15H,13H2,1-2H3. The van der Waals surface area contributed by atoms with Crippen molar-refractivity contribution in [2.75, 3.05) is 5.73 Å². The largest absolute Gasteiger partial charge is 0.398 e. The highest BCUT2D eigenvalue weighted by Gasteiger charge is 2.20. The lowest BCUT2D eigenvalue weighted by Crippen LogP contribution is -2.26. The zero-order valence-corrected chi connectivity index (χ0v) is 12.3. The Labute approximate surface area is 116 Å². The van der Waals surface area contributed by atoms with E-state index in [1.807, 2.05) is 12.3 Å². The number of rotatable bonds is 4. The number of benzene rings is 1. The van der Waals surface area contributed by atoms with Gasteiger partial charge in [0.15, 0.2) is 0 Å². The molecule has 0 aliphatic rings. The minimum Gasteiger partial charge on any atom is -0.398 e. The summed E-state index contributed by atoms with van der Waals surface area (Å²) in [6.07, 6.45) is 1.65. The summed E-state index contributed by atoms with van der Waals surface area (Å²) in [7, 11) is -3.59. The van der Waals surface area contributed by atoms with Crippen molar-refractivity contribution in [1.82, 2.24) is 9.71 Å². The Morgan fingerprint density at radius 2 is 2.16 bits per heavy atom. The van der Waals surface area contributed by atoms with Gasteiger partial charge in [-0.1, -0.05) is 6.07 Å². The van der Waals surface area contributed by atoms with Gasteiger partial charge < -0.3 is 5.73 Å². The van der Waals surface area contributed by atoms with Crippen LogP contribution in [0, 0.1) is 6.92 Å². The lowest BCUT2D eigenvalue weighted by atomic mass is 10.2. The number of thiazole rings is 1. The van der Waals surface area contributed by atoms with Crippen molar-refractivity contribution in [3.05, 3.63) is 40.3 Å². The van der Waals surface area contributed by atoms with Crippen LogP contribution in [-0.4, -0.2) is 13.4 Å². The fraction of sp³-hybridized carbons (Fsp3) is 0.250. The third-order valence-corrected chi connectivity index (χ3v) is 5.21. The normalized spacial score (nSPS) is 13.4. The number of anilines is 1. The molecule has 0 amide bonds. The van der Waals surface area contributed by atoms with Crippen molar-refractivity contribution in [2.24, 2.45) is 0 Å². The van der Waals surface area contributed by atoms with E-state index in [1.165, 1.54) is 17.4 Å². The minimum absolute atomic E-state index is 0.166. The van der Waals surface area contributed by atoms with Crippen LogP contribution in [0.1, 0.15) is 23.5 Å². The Balaban J connectivity index is 2.25. The summed E-state index contributed by atoms with van der Waals surface area (Å²) in [5.41, 5.74) is 7.06. The molecule has 0 saturated heterocycles. The fourth-order valence-corrected chi connectivity index (χ4v) is 3.55. The highest BCUT2D eigenvalue weighted by atomic mass is 32.2. The number of nitrogens with one attached hydrogen (secondary N) is 1. The summed E-state index contributed by atoms with van der Waals surface area (Å²) in [6.45, 7) is 3.59. The van der Waals surface area contributed by atoms with E-state index in [9.17, 15) is 8.42 Å². The van der Waals surface area contributed by atoms with Gasteiger partial charge in [0.05, 0.1) is 10.9 Å². The molecule has 7 heteroatoms. The van der Waals surface area contributed by atoms with Crippen molar-refractivity contribution >= 4 is 27.0 Å². The number of aromatic nitrogens is 1. The summed E-state index contributed by atoms with van der Waals surface area (Å²) in [5.74, 6) is 0. The van der Waals surface area contributed by atoms with E-state index < -0.39 is 10.0 Å². The van der Waals surface area contributed by atoms with Gasteiger partial charge in [-0.05, 0) is 31.5 Å². The smallest absolute Gasteiger partial charge is 0.241 e. The first-order valence-corrected chi connectivity index (χ1v) is 8.04. The van der Waals surface area contributed by atoms with Gasteiger partial charge in [0.1, 0.15) is 5.01 Å². The molecule has 2 aromatic rings. The van der Waals surface area contributed by atoms with Crippen LogP contribution in [-0.2, 0) is 10.0 Å². The molecule has 0 aliphatic carbocycles. The molecule has 5 nitrogen and oxygen atoms in total. The monoisotopic (exact) mass is 297 g/mol. The van der Waals surface area contributed by atoms with E-state index in [0.29, 0.717) is 5.69 Å². The Bertz CT molecular complexity index is 666. The first-order chi connectivity index (χ1) is 8.90.